The van der Waals surface area contributed by atoms with E-state index >= 15 is 0 Å². The van der Waals surface area contributed by atoms with E-state index in [0.29, 0.717) is 11.3 Å². The number of rotatable bonds is 4. The first-order valence-electron chi connectivity index (χ1n) is 6.66. The molecule has 2 aromatic rings. The quantitative estimate of drug-likeness (QED) is 0.806. The second-order valence-corrected chi connectivity index (χ2v) is 5.48. The first-order chi connectivity index (χ1) is 10.4. The normalized spacial score (nSPS) is 13.3. The molecule has 4 nitrogen and oxygen atoms in total. The summed E-state index contributed by atoms with van der Waals surface area (Å²) in [7, 11) is 0. The van der Waals surface area contributed by atoms with Crippen LogP contribution in [-0.4, -0.2) is 17.7 Å². The van der Waals surface area contributed by atoms with Crippen molar-refractivity contribution in [3.63, 3.8) is 0 Å². The molecule has 0 aliphatic carbocycles. The second kappa shape index (κ2) is 6.77. The van der Waals surface area contributed by atoms with Crippen molar-refractivity contribution in [3.8, 4) is 0 Å². The summed E-state index contributed by atoms with van der Waals surface area (Å²) < 4.78 is 12.9. The maximum Gasteiger partial charge on any atom is 0.319 e. The van der Waals surface area contributed by atoms with Gasteiger partial charge in [0.25, 0.3) is 0 Å². The van der Waals surface area contributed by atoms with Crippen molar-refractivity contribution in [1.29, 1.82) is 0 Å². The molecule has 0 bridgehead atoms. The van der Waals surface area contributed by atoms with E-state index in [1.54, 1.807) is 19.1 Å². The Kier molecular flexibility index (Phi) is 5.00. The molecule has 116 valence electrons. The van der Waals surface area contributed by atoms with Crippen LogP contribution in [0.2, 0.25) is 5.02 Å². The maximum atomic E-state index is 12.9. The van der Waals surface area contributed by atoms with Gasteiger partial charge in [-0.05, 0) is 30.7 Å². The lowest BCUT2D eigenvalue weighted by atomic mass is 9.96. The van der Waals surface area contributed by atoms with Crippen LogP contribution in [-0.2, 0) is 5.60 Å². The molecular formula is C16H16ClFN2O2. The highest BCUT2D eigenvalue weighted by atomic mass is 35.5. The number of urea groups is 1. The first kappa shape index (κ1) is 16.3. The third-order valence-corrected chi connectivity index (χ3v) is 3.48. The van der Waals surface area contributed by atoms with Gasteiger partial charge in [0.2, 0.25) is 0 Å². The SMILES string of the molecule is CC(O)(CNC(=O)Nc1ccc(F)cc1Cl)c1ccccc1. The summed E-state index contributed by atoms with van der Waals surface area (Å²) in [6.45, 7) is 1.62. The molecule has 2 aromatic carbocycles. The van der Waals surface area contributed by atoms with Gasteiger partial charge in [-0.25, -0.2) is 9.18 Å². The van der Waals surface area contributed by atoms with Crippen molar-refractivity contribution in [3.05, 3.63) is 64.9 Å². The molecule has 0 saturated carbocycles. The van der Waals surface area contributed by atoms with Gasteiger partial charge in [0.15, 0.2) is 0 Å². The molecule has 22 heavy (non-hydrogen) atoms. The summed E-state index contributed by atoms with van der Waals surface area (Å²) in [6, 6.07) is 12.1. The first-order valence-corrected chi connectivity index (χ1v) is 7.04. The third-order valence-electron chi connectivity index (χ3n) is 3.17. The highest BCUT2D eigenvalue weighted by Crippen LogP contribution is 2.22. The van der Waals surface area contributed by atoms with Gasteiger partial charge in [-0.15, -0.1) is 0 Å². The number of nitrogens with one attached hydrogen (secondary N) is 2. The van der Waals surface area contributed by atoms with E-state index in [1.165, 1.54) is 12.1 Å². The van der Waals surface area contributed by atoms with Crippen LogP contribution in [0.1, 0.15) is 12.5 Å². The smallest absolute Gasteiger partial charge is 0.319 e. The predicted molar refractivity (Wildman–Crippen MR) is 84.4 cm³/mol. The third kappa shape index (κ3) is 4.19. The minimum absolute atomic E-state index is 0.0155. The minimum Gasteiger partial charge on any atom is -0.384 e. The van der Waals surface area contributed by atoms with Gasteiger partial charge < -0.3 is 15.7 Å². The van der Waals surface area contributed by atoms with Gasteiger partial charge >= 0.3 is 6.03 Å². The Morgan fingerprint density at radius 2 is 1.95 bits per heavy atom. The molecule has 0 radical (unpaired) electrons. The van der Waals surface area contributed by atoms with Crippen molar-refractivity contribution in [2.75, 3.05) is 11.9 Å². The summed E-state index contributed by atoms with van der Waals surface area (Å²) >= 11 is 5.83. The zero-order chi connectivity index (χ0) is 16.2. The fourth-order valence-corrected chi connectivity index (χ4v) is 2.12. The summed E-state index contributed by atoms with van der Waals surface area (Å²) in [5.74, 6) is -0.483. The van der Waals surface area contributed by atoms with Crippen LogP contribution >= 0.6 is 11.6 Å². The molecule has 0 aromatic heterocycles. The molecule has 2 amide bonds. The molecule has 3 N–H and O–H groups in total. The molecule has 1 unspecified atom stereocenters. The molecule has 0 spiro atoms. The lowest BCUT2D eigenvalue weighted by Crippen LogP contribution is -2.40. The lowest BCUT2D eigenvalue weighted by molar-refractivity contribution is 0.0599. The molecule has 1 atom stereocenters. The Morgan fingerprint density at radius 1 is 1.27 bits per heavy atom. The van der Waals surface area contributed by atoms with Crippen molar-refractivity contribution in [1.82, 2.24) is 5.32 Å². The minimum atomic E-state index is -1.20. The summed E-state index contributed by atoms with van der Waals surface area (Å²) in [5, 5.41) is 15.5. The largest absolute Gasteiger partial charge is 0.384 e. The molecule has 6 heteroatoms. The number of carbonyl (C=O) groups is 1. The average molecular weight is 323 g/mol. The number of aliphatic hydroxyl groups is 1. The number of anilines is 1. The van der Waals surface area contributed by atoms with Gasteiger partial charge in [-0.3, -0.25) is 0 Å². The monoisotopic (exact) mass is 322 g/mol. The number of amides is 2. The van der Waals surface area contributed by atoms with Crippen molar-refractivity contribution in [2.24, 2.45) is 0 Å². The van der Waals surface area contributed by atoms with Crippen molar-refractivity contribution >= 4 is 23.3 Å². The summed E-state index contributed by atoms with van der Waals surface area (Å²) in [6.07, 6.45) is 0. The van der Waals surface area contributed by atoms with Crippen LogP contribution in [0.3, 0.4) is 0 Å². The van der Waals surface area contributed by atoms with Crippen molar-refractivity contribution in [2.45, 2.75) is 12.5 Å². The van der Waals surface area contributed by atoms with Crippen LogP contribution in [0.5, 0.6) is 0 Å². The summed E-state index contributed by atoms with van der Waals surface area (Å²) in [5.41, 5.74) is -0.222. The Hall–Kier alpha value is -2.11. The number of benzene rings is 2. The topological polar surface area (TPSA) is 61.4 Å². The van der Waals surface area contributed by atoms with Crippen LogP contribution < -0.4 is 10.6 Å². The van der Waals surface area contributed by atoms with Gasteiger partial charge in [-0.1, -0.05) is 41.9 Å². The van der Waals surface area contributed by atoms with E-state index < -0.39 is 17.4 Å². The molecular weight excluding hydrogens is 307 g/mol. The second-order valence-electron chi connectivity index (χ2n) is 5.07. The van der Waals surface area contributed by atoms with E-state index in [9.17, 15) is 14.3 Å². The zero-order valence-electron chi connectivity index (χ0n) is 11.9. The highest BCUT2D eigenvalue weighted by molar-refractivity contribution is 6.33. The molecule has 0 aliphatic rings. The van der Waals surface area contributed by atoms with E-state index in [1.807, 2.05) is 18.2 Å². The molecule has 0 heterocycles. The van der Waals surface area contributed by atoms with Gasteiger partial charge in [-0.2, -0.15) is 0 Å². The Balaban J connectivity index is 1.95. The fourth-order valence-electron chi connectivity index (χ4n) is 1.91. The fraction of sp³-hybridized carbons (Fsp3) is 0.188. The Labute approximate surface area is 132 Å². The molecule has 0 saturated heterocycles. The predicted octanol–water partition coefficient (Wildman–Crippen LogP) is 3.51. The van der Waals surface area contributed by atoms with Crippen molar-refractivity contribution < 1.29 is 14.3 Å². The Bertz CT molecular complexity index is 662. The van der Waals surface area contributed by atoms with Crippen LogP contribution in [0.4, 0.5) is 14.9 Å². The van der Waals surface area contributed by atoms with E-state index in [0.717, 1.165) is 6.07 Å². The average Bonchev–Trinajstić information content (AvgIpc) is 2.49. The van der Waals surface area contributed by atoms with Gasteiger partial charge in [0, 0.05) is 0 Å². The standard InChI is InChI=1S/C16H16ClFN2O2/c1-16(22,11-5-3-2-4-6-11)10-19-15(21)20-14-8-7-12(18)9-13(14)17/h2-9,22H,10H2,1H3,(H2,19,20,21). The zero-order valence-corrected chi connectivity index (χ0v) is 12.7. The maximum absolute atomic E-state index is 12.9. The number of hydrogen-bond donors (Lipinski definition) is 3. The number of carbonyl (C=O) groups excluding carboxylic acids is 1. The summed E-state index contributed by atoms with van der Waals surface area (Å²) in [4.78, 5) is 11.8. The van der Waals surface area contributed by atoms with Crippen LogP contribution in [0.15, 0.2) is 48.5 Å². The van der Waals surface area contributed by atoms with E-state index in [-0.39, 0.29) is 11.6 Å². The highest BCUT2D eigenvalue weighted by Gasteiger charge is 2.23. The molecule has 0 fully saturated rings. The van der Waals surface area contributed by atoms with Crippen LogP contribution in [0, 0.1) is 5.82 Å². The Morgan fingerprint density at radius 3 is 2.59 bits per heavy atom. The molecule has 0 aliphatic heterocycles. The number of halogens is 2. The van der Waals surface area contributed by atoms with Gasteiger partial charge in [0.1, 0.15) is 11.4 Å². The molecule has 2 rings (SSSR count). The number of hydrogen-bond acceptors (Lipinski definition) is 2. The van der Waals surface area contributed by atoms with Gasteiger partial charge in [0.05, 0.1) is 17.3 Å². The van der Waals surface area contributed by atoms with E-state index in [2.05, 4.69) is 10.6 Å². The van der Waals surface area contributed by atoms with Crippen LogP contribution in [0.25, 0.3) is 0 Å². The lowest BCUT2D eigenvalue weighted by Gasteiger charge is -2.24. The van der Waals surface area contributed by atoms with E-state index in [4.69, 9.17) is 11.6 Å².